The summed E-state index contributed by atoms with van der Waals surface area (Å²) in [5.74, 6) is -3.63. The van der Waals surface area contributed by atoms with Crippen LogP contribution in [0.5, 0.6) is 11.6 Å². The van der Waals surface area contributed by atoms with E-state index >= 15 is 0 Å². The lowest BCUT2D eigenvalue weighted by atomic mass is 10.0. The highest BCUT2D eigenvalue weighted by Gasteiger charge is 2.63. The van der Waals surface area contributed by atoms with E-state index in [-0.39, 0.29) is 37.4 Å². The first-order valence-electron chi connectivity index (χ1n) is 19.9. The first-order chi connectivity index (χ1) is 28.6. The zero-order chi connectivity index (χ0) is 42.6. The number of alkyl halides is 2. The van der Waals surface area contributed by atoms with Gasteiger partial charge in [0, 0.05) is 35.4 Å². The van der Waals surface area contributed by atoms with E-state index < -0.39 is 80.4 Å². The van der Waals surface area contributed by atoms with Gasteiger partial charge < -0.3 is 25.0 Å². The van der Waals surface area contributed by atoms with Crippen LogP contribution in [0.25, 0.3) is 21.7 Å². The van der Waals surface area contributed by atoms with Crippen molar-refractivity contribution in [2.45, 2.75) is 99.7 Å². The molecule has 4 aromatic rings. The van der Waals surface area contributed by atoms with Crippen molar-refractivity contribution >= 4 is 55.3 Å². The normalized spacial score (nSPS) is 26.0. The van der Waals surface area contributed by atoms with Gasteiger partial charge in [-0.25, -0.2) is 22.5 Å². The Balaban J connectivity index is 1.14. The fraction of sp³-hybridized carbons (Fsp3) is 0.463. The maximum absolute atomic E-state index is 14.7. The minimum absolute atomic E-state index is 0.0906. The lowest BCUT2D eigenvalue weighted by Gasteiger charge is -2.30. The molecule has 5 atom stereocenters. The number of nitrogens with one attached hydrogen (secondary N) is 3. The quantitative estimate of drug-likeness (QED) is 0.158. The Labute approximate surface area is 343 Å². The average Bonchev–Trinajstić information content (AvgIpc) is 3.98. The fourth-order valence-corrected chi connectivity index (χ4v) is 9.36. The van der Waals surface area contributed by atoms with Crippen LogP contribution in [0.2, 0.25) is 0 Å². The fourth-order valence-electron chi connectivity index (χ4n) is 8.05. The lowest BCUT2D eigenvalue weighted by molar-refractivity contribution is -0.141. The number of sulfonamides is 1. The summed E-state index contributed by atoms with van der Waals surface area (Å²) in [7, 11) is -2.58. The molecule has 8 rings (SSSR count). The van der Waals surface area contributed by atoms with Crippen molar-refractivity contribution in [3.63, 3.8) is 0 Å². The summed E-state index contributed by atoms with van der Waals surface area (Å²) in [4.78, 5) is 62.5. The molecule has 2 saturated carbocycles. The summed E-state index contributed by atoms with van der Waals surface area (Å²) in [5.41, 5.74) is -1.54. The van der Waals surface area contributed by atoms with E-state index in [0.717, 1.165) is 12.3 Å². The largest absolute Gasteiger partial charge is 0.497 e. The predicted octanol–water partition coefficient (Wildman–Crippen LogP) is 4.67. The van der Waals surface area contributed by atoms with Gasteiger partial charge in [-0.3, -0.25) is 23.9 Å². The van der Waals surface area contributed by atoms with E-state index in [9.17, 15) is 40.8 Å². The Morgan fingerprint density at radius 2 is 1.82 bits per heavy atom. The number of nitrogens with zero attached hydrogens (tertiary/aromatic N) is 4. The van der Waals surface area contributed by atoms with Gasteiger partial charge in [0.1, 0.15) is 41.0 Å². The van der Waals surface area contributed by atoms with Crippen LogP contribution in [0.1, 0.15) is 81.7 Å². The van der Waals surface area contributed by atoms with Gasteiger partial charge in [0.15, 0.2) is 0 Å². The summed E-state index contributed by atoms with van der Waals surface area (Å²) in [6, 6.07) is 7.83. The van der Waals surface area contributed by atoms with Gasteiger partial charge in [-0.1, -0.05) is 25.0 Å². The second-order valence-electron chi connectivity index (χ2n) is 16.2. The van der Waals surface area contributed by atoms with Crippen LogP contribution >= 0.6 is 0 Å². The molecule has 2 aliphatic carbocycles. The molecule has 15 nitrogen and oxygen atoms in total. The van der Waals surface area contributed by atoms with Gasteiger partial charge >= 0.3 is 6.55 Å². The van der Waals surface area contributed by atoms with E-state index in [4.69, 9.17) is 14.5 Å². The molecule has 0 radical (unpaired) electrons. The maximum Gasteiger partial charge on any atom is 0.333 e. The Bertz CT molecular complexity index is 2530. The first kappa shape index (κ1) is 41.0. The minimum atomic E-state index is -4.07. The summed E-state index contributed by atoms with van der Waals surface area (Å²) in [6.45, 7) is -1.65. The summed E-state index contributed by atoms with van der Waals surface area (Å²) in [5, 5.41) is 10.7. The lowest BCUT2D eigenvalue weighted by Crippen LogP contribution is -2.58. The number of pyridine rings is 1. The number of methoxy groups -OCH3 is 1. The van der Waals surface area contributed by atoms with E-state index in [2.05, 4.69) is 20.5 Å². The monoisotopic (exact) mass is 851 g/mol. The number of carbonyl (C=O) groups excluding carboxylic acids is 4. The molecule has 4 amide bonds. The number of halogens is 3. The standard InChI is InChI=1S/C41H44F3N7O8S/c1-40(15-16-40)60(56,57)49-38(55)41-21-23(41)8-6-4-3-5-7-9-31(45-34(52)30-14-17-51(48-30)39(43)44)37(54)50-22-26(20-33(50)35(53)47-41)59-36-28-12-10-24(42)18-29(28)27-13-11-25(58-2)19-32(27)46-36/h6,8,10-14,17-19,23,26,31,33,39H,3-5,7,9,15-16,20-22H2,1-2H3,(H,45,52)(H,47,53)(H,49,55)/b8-6-/t23-,26-,31+,33+,41-/m1/s1. The molecule has 318 valence electrons. The van der Waals surface area contributed by atoms with Crippen LogP contribution in [0.4, 0.5) is 13.2 Å². The van der Waals surface area contributed by atoms with Gasteiger partial charge in [0.05, 0.1) is 23.9 Å². The zero-order valence-electron chi connectivity index (χ0n) is 32.8. The van der Waals surface area contributed by atoms with Crippen LogP contribution in [0.3, 0.4) is 0 Å². The molecule has 2 aromatic heterocycles. The number of carbonyl (C=O) groups is 4. The number of rotatable bonds is 9. The molecule has 60 heavy (non-hydrogen) atoms. The molecule has 2 aromatic carbocycles. The van der Waals surface area contributed by atoms with E-state index in [1.54, 1.807) is 31.2 Å². The van der Waals surface area contributed by atoms with Crippen molar-refractivity contribution in [1.29, 1.82) is 0 Å². The third-order valence-electron chi connectivity index (χ3n) is 12.0. The van der Waals surface area contributed by atoms with Gasteiger partial charge in [0.2, 0.25) is 27.7 Å². The average molecular weight is 852 g/mol. The van der Waals surface area contributed by atoms with Crippen molar-refractivity contribution < 1.29 is 50.2 Å². The molecular formula is C41H44F3N7O8S. The second kappa shape index (κ2) is 15.7. The molecular weight excluding hydrogens is 808 g/mol. The number of amides is 4. The third-order valence-corrected chi connectivity index (χ3v) is 14.2. The van der Waals surface area contributed by atoms with Crippen molar-refractivity contribution in [2.24, 2.45) is 5.92 Å². The number of allylic oxidation sites excluding steroid dienone is 1. The molecule has 19 heteroatoms. The smallest absolute Gasteiger partial charge is 0.333 e. The van der Waals surface area contributed by atoms with Crippen LogP contribution in [0, 0.1) is 11.7 Å². The van der Waals surface area contributed by atoms with Gasteiger partial charge in [-0.05, 0) is 87.2 Å². The van der Waals surface area contributed by atoms with E-state index in [1.807, 2.05) is 6.08 Å². The molecule has 0 spiro atoms. The van der Waals surface area contributed by atoms with E-state index in [0.29, 0.717) is 70.6 Å². The number of fused-ring (bicyclic) bond motifs is 5. The highest BCUT2D eigenvalue weighted by atomic mass is 32.2. The summed E-state index contributed by atoms with van der Waals surface area (Å²) >= 11 is 0. The minimum Gasteiger partial charge on any atom is -0.497 e. The predicted molar refractivity (Wildman–Crippen MR) is 211 cm³/mol. The Morgan fingerprint density at radius 3 is 2.55 bits per heavy atom. The molecule has 1 saturated heterocycles. The number of aromatic nitrogens is 3. The van der Waals surface area contributed by atoms with Gasteiger partial charge in [0.25, 0.3) is 11.8 Å². The van der Waals surface area contributed by atoms with E-state index in [1.165, 1.54) is 30.2 Å². The number of ether oxygens (including phenoxy) is 2. The number of hydrogen-bond donors (Lipinski definition) is 3. The van der Waals surface area contributed by atoms with Crippen molar-refractivity contribution in [2.75, 3.05) is 13.7 Å². The van der Waals surface area contributed by atoms with Crippen LogP contribution in [-0.2, 0) is 24.4 Å². The summed E-state index contributed by atoms with van der Waals surface area (Å²) < 4.78 is 81.0. The van der Waals surface area contributed by atoms with Crippen LogP contribution < -0.4 is 24.8 Å². The van der Waals surface area contributed by atoms with Gasteiger partial charge in [-0.15, -0.1) is 0 Å². The number of benzene rings is 2. The van der Waals surface area contributed by atoms with Crippen LogP contribution in [-0.4, -0.2) is 93.8 Å². The molecule has 4 aliphatic rings. The molecule has 3 fully saturated rings. The number of hydrogen-bond acceptors (Lipinski definition) is 10. The first-order valence-corrected chi connectivity index (χ1v) is 21.3. The maximum atomic E-state index is 14.7. The van der Waals surface area contributed by atoms with Crippen molar-refractivity contribution in [1.82, 2.24) is 35.0 Å². The molecule has 0 bridgehead atoms. The highest BCUT2D eigenvalue weighted by molar-refractivity contribution is 7.91. The van der Waals surface area contributed by atoms with Crippen LogP contribution in [0.15, 0.2) is 60.8 Å². The third kappa shape index (κ3) is 7.86. The Kier molecular flexibility index (Phi) is 10.7. The Morgan fingerprint density at radius 1 is 1.03 bits per heavy atom. The summed E-state index contributed by atoms with van der Waals surface area (Å²) in [6.07, 6.45) is 6.99. The van der Waals surface area contributed by atoms with Gasteiger partial charge in [-0.2, -0.15) is 13.9 Å². The SMILES string of the molecule is COc1ccc2c(c1)nc(O[C@@H]1C[C@H]3C(=O)N[C@]4(C(=O)NS(=O)(=O)C5(C)CC5)C[C@H]4/C=C\CCCCC[C@H](NC(=O)c4ccn(C(F)F)n4)C(=O)N3C1)c1ccc(F)cc12. The molecule has 0 unspecified atom stereocenters. The molecule has 2 aliphatic heterocycles. The molecule has 3 N–H and O–H groups in total. The Hall–Kier alpha value is -5.72. The zero-order valence-corrected chi connectivity index (χ0v) is 33.6. The van der Waals surface area contributed by atoms with Crippen molar-refractivity contribution in [3.8, 4) is 11.6 Å². The van der Waals surface area contributed by atoms with Crippen molar-refractivity contribution in [3.05, 3.63) is 72.3 Å². The topological polar surface area (TPSA) is 191 Å². The highest BCUT2D eigenvalue weighted by Crippen LogP contribution is 2.47. The second-order valence-corrected chi connectivity index (χ2v) is 18.4. The molecule has 4 heterocycles.